The van der Waals surface area contributed by atoms with Gasteiger partial charge in [0.05, 0.1) is 0 Å². The summed E-state index contributed by atoms with van der Waals surface area (Å²) in [6.45, 7) is 0. The first-order chi connectivity index (χ1) is 11.3. The summed E-state index contributed by atoms with van der Waals surface area (Å²) in [5.74, 6) is -0.963. The standard InChI is InChI=1S/C17H16Cl2O5/c18-14-12(21)7-3-9(16(14)23)1-5-11(20)6-2-10-4-8-13(22)15(19)17(10)24/h3-4,7-8,21-24H,1-2,5-6H2. The molecule has 2 aromatic carbocycles. The Bertz CT molecular complexity index is 711. The van der Waals surface area contributed by atoms with E-state index in [9.17, 15) is 25.2 Å². The number of hydrogen-bond donors (Lipinski definition) is 4. The zero-order valence-corrected chi connectivity index (χ0v) is 14.1. The van der Waals surface area contributed by atoms with Gasteiger partial charge in [-0.2, -0.15) is 0 Å². The highest BCUT2D eigenvalue weighted by atomic mass is 35.5. The van der Waals surface area contributed by atoms with E-state index in [1.807, 2.05) is 0 Å². The number of aromatic hydroxyl groups is 4. The van der Waals surface area contributed by atoms with Crippen LogP contribution in [0.15, 0.2) is 24.3 Å². The van der Waals surface area contributed by atoms with Gasteiger partial charge in [0, 0.05) is 12.8 Å². The van der Waals surface area contributed by atoms with Crippen molar-refractivity contribution >= 4 is 29.0 Å². The van der Waals surface area contributed by atoms with E-state index in [1.54, 1.807) is 0 Å². The van der Waals surface area contributed by atoms with Crippen molar-refractivity contribution < 1.29 is 25.2 Å². The molecular weight excluding hydrogens is 355 g/mol. The molecule has 0 heterocycles. The molecule has 0 radical (unpaired) electrons. The molecule has 5 nitrogen and oxygen atoms in total. The Morgan fingerprint density at radius 3 is 1.50 bits per heavy atom. The summed E-state index contributed by atoms with van der Waals surface area (Å²) < 4.78 is 0. The number of benzene rings is 2. The Labute approximate surface area is 148 Å². The molecule has 0 saturated heterocycles. The molecule has 0 spiro atoms. The number of Topliss-reactive ketones (excluding diaryl/α,β-unsaturated/α-hetero) is 1. The van der Waals surface area contributed by atoms with E-state index in [0.717, 1.165) is 0 Å². The molecule has 128 valence electrons. The average Bonchev–Trinajstić information content (AvgIpc) is 2.56. The van der Waals surface area contributed by atoms with E-state index >= 15 is 0 Å². The van der Waals surface area contributed by atoms with Crippen LogP contribution in [0.5, 0.6) is 23.0 Å². The van der Waals surface area contributed by atoms with Gasteiger partial charge in [0.25, 0.3) is 0 Å². The zero-order chi connectivity index (χ0) is 17.9. The lowest BCUT2D eigenvalue weighted by Gasteiger charge is -2.08. The number of halogens is 2. The van der Waals surface area contributed by atoms with Crippen LogP contribution in [0.3, 0.4) is 0 Å². The second-order valence-corrected chi connectivity index (χ2v) is 6.11. The summed E-state index contributed by atoms with van der Waals surface area (Å²) in [5, 5.41) is 38.1. The highest BCUT2D eigenvalue weighted by molar-refractivity contribution is 6.33. The lowest BCUT2D eigenvalue weighted by Crippen LogP contribution is -2.03. The van der Waals surface area contributed by atoms with Crippen LogP contribution in [0.4, 0.5) is 0 Å². The van der Waals surface area contributed by atoms with Crippen LogP contribution >= 0.6 is 23.2 Å². The molecule has 0 aromatic heterocycles. The third kappa shape index (κ3) is 4.04. The van der Waals surface area contributed by atoms with Gasteiger partial charge in [-0.25, -0.2) is 0 Å². The Kier molecular flexibility index (Phi) is 5.80. The summed E-state index contributed by atoms with van der Waals surface area (Å²) in [6, 6.07) is 5.74. The molecule has 0 unspecified atom stereocenters. The van der Waals surface area contributed by atoms with Crippen LogP contribution in [-0.4, -0.2) is 26.2 Å². The van der Waals surface area contributed by atoms with Gasteiger partial charge in [-0.3, -0.25) is 4.79 Å². The van der Waals surface area contributed by atoms with Crippen LogP contribution in [0.2, 0.25) is 10.0 Å². The summed E-state index contributed by atoms with van der Waals surface area (Å²) >= 11 is 11.5. The molecule has 2 aromatic rings. The molecule has 0 saturated carbocycles. The molecule has 0 aliphatic carbocycles. The van der Waals surface area contributed by atoms with Crippen molar-refractivity contribution in [3.05, 3.63) is 45.4 Å². The van der Waals surface area contributed by atoms with Gasteiger partial charge in [0.2, 0.25) is 0 Å². The molecule has 0 aliphatic rings. The van der Waals surface area contributed by atoms with Crippen molar-refractivity contribution in [1.82, 2.24) is 0 Å². The van der Waals surface area contributed by atoms with Crippen LogP contribution in [0.1, 0.15) is 24.0 Å². The van der Waals surface area contributed by atoms with Crippen molar-refractivity contribution in [2.24, 2.45) is 0 Å². The van der Waals surface area contributed by atoms with Gasteiger partial charge in [-0.05, 0) is 36.1 Å². The number of carbonyl (C=O) groups is 1. The Morgan fingerprint density at radius 2 is 1.12 bits per heavy atom. The van der Waals surface area contributed by atoms with E-state index in [-0.39, 0.29) is 64.5 Å². The minimum Gasteiger partial charge on any atom is -0.506 e. The maximum atomic E-state index is 12.0. The Morgan fingerprint density at radius 1 is 0.750 bits per heavy atom. The molecule has 0 atom stereocenters. The predicted octanol–water partition coefficient (Wildman–Crippen LogP) is 3.95. The minimum absolute atomic E-state index is 0.0674. The normalized spacial score (nSPS) is 10.8. The largest absolute Gasteiger partial charge is 0.506 e. The first-order valence-electron chi connectivity index (χ1n) is 7.21. The number of rotatable bonds is 6. The quantitative estimate of drug-likeness (QED) is 0.616. The number of aryl methyl sites for hydroxylation is 2. The highest BCUT2D eigenvalue weighted by Crippen LogP contribution is 2.37. The van der Waals surface area contributed by atoms with Crippen molar-refractivity contribution in [3.8, 4) is 23.0 Å². The fourth-order valence-electron chi connectivity index (χ4n) is 2.26. The first-order valence-corrected chi connectivity index (χ1v) is 7.97. The number of phenolic OH excluding ortho intramolecular Hbond substituents is 4. The van der Waals surface area contributed by atoms with Crippen molar-refractivity contribution in [2.75, 3.05) is 0 Å². The maximum Gasteiger partial charge on any atom is 0.141 e. The zero-order valence-electron chi connectivity index (χ0n) is 12.6. The smallest absolute Gasteiger partial charge is 0.141 e. The van der Waals surface area contributed by atoms with Gasteiger partial charge < -0.3 is 20.4 Å². The van der Waals surface area contributed by atoms with Gasteiger partial charge in [-0.1, -0.05) is 35.3 Å². The molecular formula is C17H16Cl2O5. The third-order valence-electron chi connectivity index (χ3n) is 3.71. The van der Waals surface area contributed by atoms with E-state index in [4.69, 9.17) is 23.2 Å². The van der Waals surface area contributed by atoms with E-state index in [1.165, 1.54) is 24.3 Å². The summed E-state index contributed by atoms with van der Waals surface area (Å²) in [5.41, 5.74) is 0.948. The van der Waals surface area contributed by atoms with E-state index < -0.39 is 0 Å². The highest BCUT2D eigenvalue weighted by Gasteiger charge is 2.14. The predicted molar refractivity (Wildman–Crippen MR) is 91.2 cm³/mol. The topological polar surface area (TPSA) is 98.0 Å². The van der Waals surface area contributed by atoms with Crippen LogP contribution in [-0.2, 0) is 17.6 Å². The molecule has 24 heavy (non-hydrogen) atoms. The van der Waals surface area contributed by atoms with Crippen molar-refractivity contribution in [1.29, 1.82) is 0 Å². The molecule has 4 N–H and O–H groups in total. The molecule has 0 bridgehead atoms. The SMILES string of the molecule is O=C(CCc1ccc(O)c(Cl)c1O)CCc1ccc(O)c(Cl)c1O. The monoisotopic (exact) mass is 370 g/mol. The number of ketones is 1. The van der Waals surface area contributed by atoms with Crippen LogP contribution in [0.25, 0.3) is 0 Å². The van der Waals surface area contributed by atoms with Gasteiger partial charge >= 0.3 is 0 Å². The van der Waals surface area contributed by atoms with Crippen molar-refractivity contribution in [2.45, 2.75) is 25.7 Å². The van der Waals surface area contributed by atoms with E-state index in [0.29, 0.717) is 11.1 Å². The summed E-state index contributed by atoms with van der Waals surface area (Å²) in [4.78, 5) is 12.0. The van der Waals surface area contributed by atoms with Crippen LogP contribution < -0.4 is 0 Å². The lowest BCUT2D eigenvalue weighted by molar-refractivity contribution is -0.119. The maximum absolute atomic E-state index is 12.0. The fraction of sp³-hybridized carbons (Fsp3) is 0.235. The molecule has 0 aliphatic heterocycles. The Hall–Kier alpha value is -2.11. The second kappa shape index (κ2) is 7.64. The Balaban J connectivity index is 1.93. The van der Waals surface area contributed by atoms with Gasteiger partial charge in [0.15, 0.2) is 0 Å². The fourth-order valence-corrected chi connectivity index (χ4v) is 2.63. The van der Waals surface area contributed by atoms with Crippen molar-refractivity contribution in [3.63, 3.8) is 0 Å². The van der Waals surface area contributed by atoms with E-state index in [2.05, 4.69) is 0 Å². The lowest BCUT2D eigenvalue weighted by atomic mass is 10.0. The first kappa shape index (κ1) is 18.2. The molecule has 2 rings (SSSR count). The van der Waals surface area contributed by atoms with Crippen LogP contribution in [0, 0.1) is 0 Å². The average molecular weight is 371 g/mol. The molecule has 0 amide bonds. The van der Waals surface area contributed by atoms with Gasteiger partial charge in [0.1, 0.15) is 38.8 Å². The molecule has 7 heteroatoms. The molecule has 0 fully saturated rings. The number of phenols is 4. The number of carbonyl (C=O) groups excluding carboxylic acids is 1. The summed E-state index contributed by atoms with van der Waals surface area (Å²) in [6.07, 6.45) is 0.933. The minimum atomic E-state index is -0.229. The summed E-state index contributed by atoms with van der Waals surface area (Å²) in [7, 11) is 0. The number of hydrogen-bond acceptors (Lipinski definition) is 5. The van der Waals surface area contributed by atoms with Gasteiger partial charge in [-0.15, -0.1) is 0 Å². The third-order valence-corrected chi connectivity index (χ3v) is 4.45. The second-order valence-electron chi connectivity index (χ2n) is 5.35.